The summed E-state index contributed by atoms with van der Waals surface area (Å²) in [5.74, 6) is 0.452. The van der Waals surface area contributed by atoms with Crippen LogP contribution in [0.1, 0.15) is 22.1 Å². The Morgan fingerprint density at radius 1 is 0.966 bits per heavy atom. The maximum Gasteiger partial charge on any atom is 0.264 e. The van der Waals surface area contributed by atoms with E-state index in [2.05, 4.69) is 21.2 Å². The SMILES string of the molecule is O=C1c2cc3ccccc3nc2N[C@@H](c2ccccc2Br)N1c1cccc(Cl)c1. The molecular weight excluding hydrogens is 450 g/mol. The number of aromatic nitrogens is 1. The highest BCUT2D eigenvalue weighted by Crippen LogP contribution is 2.39. The molecule has 0 spiro atoms. The lowest BCUT2D eigenvalue weighted by Crippen LogP contribution is -2.43. The monoisotopic (exact) mass is 463 g/mol. The molecule has 0 unspecified atom stereocenters. The average molecular weight is 465 g/mol. The topological polar surface area (TPSA) is 45.2 Å². The molecule has 4 aromatic rings. The molecule has 1 amide bonds. The molecule has 0 radical (unpaired) electrons. The molecule has 2 heterocycles. The van der Waals surface area contributed by atoms with Crippen molar-refractivity contribution in [2.75, 3.05) is 10.2 Å². The van der Waals surface area contributed by atoms with Gasteiger partial charge in [-0.05, 0) is 36.4 Å². The van der Waals surface area contributed by atoms with E-state index in [4.69, 9.17) is 16.6 Å². The van der Waals surface area contributed by atoms with Gasteiger partial charge in [0, 0.05) is 26.1 Å². The maximum atomic E-state index is 13.7. The summed E-state index contributed by atoms with van der Waals surface area (Å²) in [4.78, 5) is 20.1. The van der Waals surface area contributed by atoms with Crippen LogP contribution in [0.15, 0.2) is 83.3 Å². The van der Waals surface area contributed by atoms with E-state index in [1.54, 1.807) is 17.0 Å². The molecular formula is C23H15BrClN3O. The second-order valence-electron chi connectivity index (χ2n) is 6.80. The summed E-state index contributed by atoms with van der Waals surface area (Å²) in [5, 5.41) is 4.96. The average Bonchev–Trinajstić information content (AvgIpc) is 2.73. The van der Waals surface area contributed by atoms with Crippen LogP contribution in [-0.2, 0) is 0 Å². The largest absolute Gasteiger partial charge is 0.345 e. The molecule has 3 aromatic carbocycles. The normalized spacial score (nSPS) is 15.9. The zero-order valence-corrected chi connectivity index (χ0v) is 17.5. The minimum atomic E-state index is -0.433. The number of hydrogen-bond acceptors (Lipinski definition) is 3. The first-order chi connectivity index (χ1) is 14.1. The van der Waals surface area contributed by atoms with Crippen molar-refractivity contribution in [1.82, 2.24) is 4.98 Å². The van der Waals surface area contributed by atoms with Crippen LogP contribution in [0, 0.1) is 0 Å². The fourth-order valence-corrected chi connectivity index (χ4v) is 4.32. The van der Waals surface area contributed by atoms with Gasteiger partial charge in [0.05, 0.1) is 11.1 Å². The third-order valence-corrected chi connectivity index (χ3v) is 5.95. The van der Waals surface area contributed by atoms with Crippen molar-refractivity contribution in [3.63, 3.8) is 0 Å². The Morgan fingerprint density at radius 3 is 2.59 bits per heavy atom. The molecule has 1 N–H and O–H groups in total. The Hall–Kier alpha value is -2.89. The molecule has 5 rings (SSSR count). The quantitative estimate of drug-likeness (QED) is 0.372. The Bertz CT molecular complexity index is 1260. The lowest BCUT2D eigenvalue weighted by molar-refractivity contribution is 0.0974. The molecule has 142 valence electrons. The van der Waals surface area contributed by atoms with Gasteiger partial charge in [0.1, 0.15) is 12.0 Å². The minimum Gasteiger partial charge on any atom is -0.345 e. The number of benzene rings is 3. The second kappa shape index (κ2) is 7.17. The second-order valence-corrected chi connectivity index (χ2v) is 8.09. The molecule has 29 heavy (non-hydrogen) atoms. The van der Waals surface area contributed by atoms with E-state index < -0.39 is 6.17 Å². The molecule has 1 aromatic heterocycles. The number of nitrogens with one attached hydrogen (secondary N) is 1. The van der Waals surface area contributed by atoms with Gasteiger partial charge in [0.25, 0.3) is 5.91 Å². The Balaban J connectivity index is 1.73. The summed E-state index contributed by atoms with van der Waals surface area (Å²) >= 11 is 9.86. The van der Waals surface area contributed by atoms with Gasteiger partial charge in [-0.2, -0.15) is 0 Å². The molecule has 4 nitrogen and oxygen atoms in total. The number of carbonyl (C=O) groups is 1. The van der Waals surface area contributed by atoms with E-state index in [1.807, 2.05) is 66.7 Å². The van der Waals surface area contributed by atoms with Crippen molar-refractivity contribution in [2.45, 2.75) is 6.17 Å². The zero-order chi connectivity index (χ0) is 20.0. The molecule has 0 saturated heterocycles. The Labute approximate surface area is 181 Å². The Morgan fingerprint density at radius 2 is 1.76 bits per heavy atom. The molecule has 1 aliphatic heterocycles. The van der Waals surface area contributed by atoms with E-state index in [-0.39, 0.29) is 5.91 Å². The number of pyridine rings is 1. The highest BCUT2D eigenvalue weighted by molar-refractivity contribution is 9.10. The zero-order valence-electron chi connectivity index (χ0n) is 15.1. The molecule has 0 aliphatic carbocycles. The summed E-state index contributed by atoms with van der Waals surface area (Å²) in [5.41, 5.74) is 3.02. The van der Waals surface area contributed by atoms with Crippen LogP contribution in [0.5, 0.6) is 0 Å². The summed E-state index contributed by atoms with van der Waals surface area (Å²) in [6.45, 7) is 0. The van der Waals surface area contributed by atoms with Crippen molar-refractivity contribution in [3.8, 4) is 0 Å². The molecule has 0 fully saturated rings. The van der Waals surface area contributed by atoms with Gasteiger partial charge in [-0.15, -0.1) is 0 Å². The highest BCUT2D eigenvalue weighted by Gasteiger charge is 2.36. The standard InChI is InChI=1S/C23H15BrClN3O/c24-19-10-3-2-9-17(19)22-27-21-18(12-14-6-1-4-11-20(14)26-21)23(29)28(22)16-8-5-7-15(25)13-16/h1-13,22H,(H,26,27)/t22-/m1/s1. The number of fused-ring (bicyclic) bond motifs is 2. The highest BCUT2D eigenvalue weighted by atomic mass is 79.9. The molecule has 1 atom stereocenters. The van der Waals surface area contributed by atoms with Crippen LogP contribution < -0.4 is 10.2 Å². The fraction of sp³-hybridized carbons (Fsp3) is 0.0435. The first-order valence-corrected chi connectivity index (χ1v) is 10.3. The molecule has 0 bridgehead atoms. The van der Waals surface area contributed by atoms with Gasteiger partial charge < -0.3 is 5.32 Å². The molecule has 1 aliphatic rings. The minimum absolute atomic E-state index is 0.125. The van der Waals surface area contributed by atoms with E-state index >= 15 is 0 Å². The van der Waals surface area contributed by atoms with Crippen LogP contribution in [0.2, 0.25) is 5.02 Å². The van der Waals surface area contributed by atoms with E-state index in [0.717, 1.165) is 26.6 Å². The van der Waals surface area contributed by atoms with Crippen LogP contribution in [0.4, 0.5) is 11.5 Å². The van der Waals surface area contributed by atoms with Crippen molar-refractivity contribution in [1.29, 1.82) is 0 Å². The number of nitrogens with zero attached hydrogens (tertiary/aromatic N) is 2. The van der Waals surface area contributed by atoms with Gasteiger partial charge in [-0.3, -0.25) is 9.69 Å². The van der Waals surface area contributed by atoms with Crippen molar-refractivity contribution in [2.24, 2.45) is 0 Å². The number of hydrogen-bond donors (Lipinski definition) is 1. The predicted octanol–water partition coefficient (Wildman–Crippen LogP) is 6.42. The third kappa shape index (κ3) is 3.16. The van der Waals surface area contributed by atoms with Crippen LogP contribution in [0.25, 0.3) is 10.9 Å². The summed E-state index contributed by atoms with van der Waals surface area (Å²) in [6.07, 6.45) is -0.433. The van der Waals surface area contributed by atoms with Crippen LogP contribution >= 0.6 is 27.5 Å². The lowest BCUT2D eigenvalue weighted by Gasteiger charge is -2.38. The van der Waals surface area contributed by atoms with Gasteiger partial charge in [0.2, 0.25) is 0 Å². The number of rotatable bonds is 2. The first-order valence-electron chi connectivity index (χ1n) is 9.12. The Kier molecular flexibility index (Phi) is 4.49. The van der Waals surface area contributed by atoms with Crippen LogP contribution in [-0.4, -0.2) is 10.9 Å². The maximum absolute atomic E-state index is 13.7. The van der Waals surface area contributed by atoms with E-state index in [0.29, 0.717) is 16.4 Å². The van der Waals surface area contributed by atoms with Crippen LogP contribution in [0.3, 0.4) is 0 Å². The lowest BCUT2D eigenvalue weighted by atomic mass is 10.0. The number of amides is 1. The van der Waals surface area contributed by atoms with E-state index in [9.17, 15) is 4.79 Å². The number of para-hydroxylation sites is 1. The van der Waals surface area contributed by atoms with Gasteiger partial charge in [0.15, 0.2) is 0 Å². The summed E-state index contributed by atoms with van der Waals surface area (Å²) in [6, 6.07) is 24.8. The fourth-order valence-electron chi connectivity index (χ4n) is 3.64. The predicted molar refractivity (Wildman–Crippen MR) is 121 cm³/mol. The van der Waals surface area contributed by atoms with Crippen molar-refractivity contribution in [3.05, 3.63) is 99.5 Å². The molecule has 0 saturated carbocycles. The number of carbonyl (C=O) groups excluding carboxylic acids is 1. The van der Waals surface area contributed by atoms with Gasteiger partial charge >= 0.3 is 0 Å². The van der Waals surface area contributed by atoms with Crippen molar-refractivity contribution < 1.29 is 4.79 Å². The third-order valence-electron chi connectivity index (χ3n) is 4.99. The summed E-state index contributed by atoms with van der Waals surface area (Å²) in [7, 11) is 0. The smallest absolute Gasteiger partial charge is 0.264 e. The number of anilines is 2. The summed E-state index contributed by atoms with van der Waals surface area (Å²) < 4.78 is 0.904. The van der Waals surface area contributed by atoms with Gasteiger partial charge in [-0.25, -0.2) is 4.98 Å². The molecule has 6 heteroatoms. The van der Waals surface area contributed by atoms with Crippen molar-refractivity contribution >= 4 is 55.8 Å². The number of halogens is 2. The van der Waals surface area contributed by atoms with E-state index in [1.165, 1.54) is 0 Å². The van der Waals surface area contributed by atoms with Gasteiger partial charge in [-0.1, -0.05) is 70.0 Å². The first kappa shape index (κ1) is 18.2.